The van der Waals surface area contributed by atoms with Gasteiger partial charge in [-0.3, -0.25) is 9.67 Å². The zero-order valence-corrected chi connectivity index (χ0v) is 10.8. The Kier molecular flexibility index (Phi) is 3.58. The summed E-state index contributed by atoms with van der Waals surface area (Å²) in [6.07, 6.45) is -3.49. The van der Waals surface area contributed by atoms with Crippen molar-refractivity contribution in [2.75, 3.05) is 5.73 Å². The van der Waals surface area contributed by atoms with E-state index in [-0.39, 0.29) is 17.8 Å². The SMILES string of the molecule is Cc1c(N)c(C(F)(F)F)nn1Cc1ccc(C(=O)O)cn1. The molecule has 0 saturated carbocycles. The smallest absolute Gasteiger partial charge is 0.437 e. The minimum atomic E-state index is -4.62. The Morgan fingerprint density at radius 1 is 1.43 bits per heavy atom. The fourth-order valence-corrected chi connectivity index (χ4v) is 1.72. The minimum absolute atomic E-state index is 0.00793. The lowest BCUT2D eigenvalue weighted by Crippen LogP contribution is -2.10. The number of carboxylic acids is 1. The number of hydrogen-bond acceptors (Lipinski definition) is 4. The van der Waals surface area contributed by atoms with Crippen LogP contribution in [0.15, 0.2) is 18.3 Å². The highest BCUT2D eigenvalue weighted by Crippen LogP contribution is 2.34. The average Bonchev–Trinajstić information content (AvgIpc) is 2.67. The molecule has 0 saturated heterocycles. The van der Waals surface area contributed by atoms with Crippen LogP contribution in [0.1, 0.15) is 27.4 Å². The van der Waals surface area contributed by atoms with E-state index in [1.165, 1.54) is 19.1 Å². The molecule has 0 radical (unpaired) electrons. The molecule has 0 aliphatic carbocycles. The molecule has 0 fully saturated rings. The van der Waals surface area contributed by atoms with Crippen molar-refractivity contribution in [1.29, 1.82) is 0 Å². The van der Waals surface area contributed by atoms with Crippen molar-refractivity contribution < 1.29 is 23.1 Å². The zero-order valence-electron chi connectivity index (χ0n) is 10.8. The van der Waals surface area contributed by atoms with E-state index >= 15 is 0 Å². The summed E-state index contributed by atoms with van der Waals surface area (Å²) < 4.78 is 39.1. The van der Waals surface area contributed by atoms with Gasteiger partial charge in [0.1, 0.15) is 0 Å². The topological polar surface area (TPSA) is 94.0 Å². The maximum absolute atomic E-state index is 12.7. The van der Waals surface area contributed by atoms with Gasteiger partial charge in [0.2, 0.25) is 0 Å². The van der Waals surface area contributed by atoms with Crippen LogP contribution >= 0.6 is 0 Å². The van der Waals surface area contributed by atoms with Gasteiger partial charge in [0, 0.05) is 6.20 Å². The first kappa shape index (κ1) is 14.8. The second kappa shape index (κ2) is 5.08. The molecule has 3 N–H and O–H groups in total. The van der Waals surface area contributed by atoms with Crippen molar-refractivity contribution in [1.82, 2.24) is 14.8 Å². The van der Waals surface area contributed by atoms with E-state index in [1.807, 2.05) is 0 Å². The molecular weight excluding hydrogens is 289 g/mol. The number of nitrogens with zero attached hydrogens (tertiary/aromatic N) is 3. The third-order valence-electron chi connectivity index (χ3n) is 2.90. The van der Waals surface area contributed by atoms with Gasteiger partial charge < -0.3 is 10.8 Å². The number of nitrogen functional groups attached to an aromatic ring is 1. The lowest BCUT2D eigenvalue weighted by molar-refractivity contribution is -0.140. The molecule has 2 heterocycles. The Bertz CT molecular complexity index is 677. The molecule has 0 spiro atoms. The molecule has 6 nitrogen and oxygen atoms in total. The minimum Gasteiger partial charge on any atom is -0.478 e. The van der Waals surface area contributed by atoms with E-state index in [4.69, 9.17) is 10.8 Å². The summed E-state index contributed by atoms with van der Waals surface area (Å²) in [7, 11) is 0. The number of alkyl halides is 3. The quantitative estimate of drug-likeness (QED) is 0.903. The number of pyridine rings is 1. The molecule has 0 aliphatic rings. The van der Waals surface area contributed by atoms with Gasteiger partial charge in [-0.15, -0.1) is 0 Å². The van der Waals surface area contributed by atoms with Crippen molar-refractivity contribution in [3.63, 3.8) is 0 Å². The number of carbonyl (C=O) groups is 1. The number of hydrogen-bond donors (Lipinski definition) is 2. The number of carboxylic acid groups (broad SMARTS) is 1. The van der Waals surface area contributed by atoms with Crippen molar-refractivity contribution in [2.24, 2.45) is 0 Å². The van der Waals surface area contributed by atoms with Crippen LogP contribution in [0.3, 0.4) is 0 Å². The molecular formula is C12H11F3N4O2. The Balaban J connectivity index is 2.30. The Morgan fingerprint density at radius 3 is 2.52 bits per heavy atom. The predicted octanol–water partition coefficient (Wildman–Crippen LogP) is 1.93. The second-order valence-corrected chi connectivity index (χ2v) is 4.35. The van der Waals surface area contributed by atoms with Crippen molar-refractivity contribution in [3.05, 3.63) is 41.0 Å². The molecule has 9 heteroatoms. The van der Waals surface area contributed by atoms with E-state index in [9.17, 15) is 18.0 Å². The second-order valence-electron chi connectivity index (χ2n) is 4.35. The van der Waals surface area contributed by atoms with Crippen LogP contribution in [0.25, 0.3) is 0 Å². The fraction of sp³-hybridized carbons (Fsp3) is 0.250. The van der Waals surface area contributed by atoms with Gasteiger partial charge in [-0.1, -0.05) is 0 Å². The van der Waals surface area contributed by atoms with Gasteiger partial charge in [0.25, 0.3) is 0 Å². The summed E-state index contributed by atoms with van der Waals surface area (Å²) in [5.74, 6) is -1.13. The lowest BCUT2D eigenvalue weighted by atomic mass is 10.2. The van der Waals surface area contributed by atoms with Gasteiger partial charge in [0.05, 0.1) is 29.2 Å². The number of aromatic carboxylic acids is 1. The normalized spacial score (nSPS) is 11.6. The molecule has 0 bridgehead atoms. The van der Waals surface area contributed by atoms with E-state index in [0.29, 0.717) is 5.69 Å². The van der Waals surface area contributed by atoms with Crippen molar-refractivity contribution in [3.8, 4) is 0 Å². The molecule has 112 valence electrons. The lowest BCUT2D eigenvalue weighted by Gasteiger charge is -2.04. The highest BCUT2D eigenvalue weighted by Gasteiger charge is 2.37. The highest BCUT2D eigenvalue weighted by molar-refractivity contribution is 5.87. The van der Waals surface area contributed by atoms with E-state index in [0.717, 1.165) is 10.9 Å². The van der Waals surface area contributed by atoms with E-state index in [1.54, 1.807) is 0 Å². The highest BCUT2D eigenvalue weighted by atomic mass is 19.4. The Labute approximate surface area is 117 Å². The summed E-state index contributed by atoms with van der Waals surface area (Å²) in [5, 5.41) is 12.2. The molecule has 21 heavy (non-hydrogen) atoms. The molecule has 2 aromatic heterocycles. The monoisotopic (exact) mass is 300 g/mol. The maximum atomic E-state index is 12.7. The zero-order chi connectivity index (χ0) is 15.8. The van der Waals surface area contributed by atoms with Gasteiger partial charge >= 0.3 is 12.1 Å². The number of aromatic nitrogens is 3. The maximum Gasteiger partial charge on any atom is 0.437 e. The molecule has 0 amide bonds. The molecule has 0 aromatic carbocycles. The predicted molar refractivity (Wildman–Crippen MR) is 66.7 cm³/mol. The van der Waals surface area contributed by atoms with Crippen LogP contribution < -0.4 is 5.73 Å². The van der Waals surface area contributed by atoms with E-state index < -0.39 is 23.5 Å². The molecule has 2 rings (SSSR count). The van der Waals surface area contributed by atoms with E-state index in [2.05, 4.69) is 10.1 Å². The summed E-state index contributed by atoms with van der Waals surface area (Å²) >= 11 is 0. The molecule has 2 aromatic rings. The first-order chi connectivity index (χ1) is 9.70. The average molecular weight is 300 g/mol. The number of anilines is 1. The summed E-state index contributed by atoms with van der Waals surface area (Å²) in [6.45, 7) is 1.38. The fourth-order valence-electron chi connectivity index (χ4n) is 1.72. The van der Waals surface area contributed by atoms with Crippen LogP contribution in [0.4, 0.5) is 18.9 Å². The largest absolute Gasteiger partial charge is 0.478 e. The van der Waals surface area contributed by atoms with Gasteiger partial charge in [0.15, 0.2) is 5.69 Å². The van der Waals surface area contributed by atoms with Gasteiger partial charge in [-0.25, -0.2) is 4.79 Å². The Hall–Kier alpha value is -2.58. The Morgan fingerprint density at radius 2 is 2.10 bits per heavy atom. The van der Waals surface area contributed by atoms with Crippen molar-refractivity contribution in [2.45, 2.75) is 19.6 Å². The van der Waals surface area contributed by atoms with Crippen LogP contribution in [0.2, 0.25) is 0 Å². The van der Waals surface area contributed by atoms with Crippen LogP contribution in [0, 0.1) is 6.92 Å². The first-order valence-corrected chi connectivity index (χ1v) is 5.78. The van der Waals surface area contributed by atoms with Crippen LogP contribution in [-0.4, -0.2) is 25.8 Å². The van der Waals surface area contributed by atoms with Crippen molar-refractivity contribution >= 4 is 11.7 Å². The van der Waals surface area contributed by atoms with Gasteiger partial charge in [-0.2, -0.15) is 18.3 Å². The molecule has 0 aliphatic heterocycles. The van der Waals surface area contributed by atoms with Gasteiger partial charge in [-0.05, 0) is 19.1 Å². The summed E-state index contributed by atoms with van der Waals surface area (Å²) in [5.41, 5.74) is 4.38. The summed E-state index contributed by atoms with van der Waals surface area (Å²) in [6, 6.07) is 2.73. The third kappa shape index (κ3) is 2.96. The van der Waals surface area contributed by atoms with Crippen LogP contribution in [0.5, 0.6) is 0 Å². The molecule has 0 atom stereocenters. The molecule has 0 unspecified atom stereocenters. The number of halogens is 3. The summed E-state index contributed by atoms with van der Waals surface area (Å²) in [4.78, 5) is 14.6. The standard InChI is InChI=1S/C12H11F3N4O2/c1-6-9(16)10(12(13,14)15)18-19(6)5-8-3-2-7(4-17-8)11(20)21/h2-4H,5,16H2,1H3,(H,20,21). The third-order valence-corrected chi connectivity index (χ3v) is 2.90. The van der Waals surface area contributed by atoms with Crippen LogP contribution in [-0.2, 0) is 12.7 Å². The first-order valence-electron chi connectivity index (χ1n) is 5.78. The number of nitrogens with two attached hydrogens (primary N) is 1. The number of rotatable bonds is 3.